The first-order chi connectivity index (χ1) is 9.60. The molecule has 1 unspecified atom stereocenters. The second-order valence-electron chi connectivity index (χ2n) is 5.29. The van der Waals surface area contributed by atoms with Crippen LogP contribution in [0.15, 0.2) is 27.1 Å². The quantitative estimate of drug-likeness (QED) is 0.916. The second-order valence-corrected chi connectivity index (χ2v) is 6.20. The van der Waals surface area contributed by atoms with Crippen LogP contribution in [0.3, 0.4) is 0 Å². The fourth-order valence-electron chi connectivity index (χ4n) is 2.71. The molecular formula is C15H16BrNO3. The topological polar surface area (TPSA) is 53.7 Å². The molecule has 1 aliphatic rings. The van der Waals surface area contributed by atoms with E-state index in [1.807, 2.05) is 25.1 Å². The molecule has 1 amide bonds. The van der Waals surface area contributed by atoms with Crippen molar-refractivity contribution in [1.82, 2.24) is 4.90 Å². The van der Waals surface area contributed by atoms with E-state index < -0.39 is 0 Å². The number of likely N-dealkylation sites (tertiary alicyclic amines) is 1. The predicted molar refractivity (Wildman–Crippen MR) is 79.7 cm³/mol. The van der Waals surface area contributed by atoms with Crippen LogP contribution in [-0.2, 0) is 0 Å². The van der Waals surface area contributed by atoms with Gasteiger partial charge in [0.05, 0.1) is 0 Å². The van der Waals surface area contributed by atoms with Crippen molar-refractivity contribution in [3.63, 3.8) is 0 Å². The predicted octanol–water partition coefficient (Wildman–Crippen LogP) is 2.96. The lowest BCUT2D eigenvalue weighted by molar-refractivity contribution is 0.0751. The Bertz CT molecular complexity index is 664. The number of aliphatic hydroxyl groups excluding tert-OH is 1. The van der Waals surface area contributed by atoms with Crippen LogP contribution in [-0.4, -0.2) is 35.6 Å². The van der Waals surface area contributed by atoms with Gasteiger partial charge in [-0.25, -0.2) is 0 Å². The molecule has 1 saturated heterocycles. The summed E-state index contributed by atoms with van der Waals surface area (Å²) >= 11 is 3.43. The number of hydrogen-bond acceptors (Lipinski definition) is 3. The Morgan fingerprint density at radius 1 is 1.55 bits per heavy atom. The van der Waals surface area contributed by atoms with E-state index in [1.54, 1.807) is 4.90 Å². The highest BCUT2D eigenvalue weighted by molar-refractivity contribution is 9.10. The molecule has 0 spiro atoms. The number of hydrogen-bond donors (Lipinski definition) is 1. The molecule has 2 aromatic rings. The highest BCUT2D eigenvalue weighted by atomic mass is 79.9. The van der Waals surface area contributed by atoms with Crippen molar-refractivity contribution in [3.05, 3.63) is 34.0 Å². The Morgan fingerprint density at radius 2 is 2.35 bits per heavy atom. The average Bonchev–Trinajstić information content (AvgIpc) is 3.04. The highest BCUT2D eigenvalue weighted by Gasteiger charge is 2.29. The maximum Gasteiger partial charge on any atom is 0.289 e. The SMILES string of the molecule is Cc1c(C(=O)N2CCC(CO)C2)oc2ccc(Br)cc12. The molecule has 20 heavy (non-hydrogen) atoms. The smallest absolute Gasteiger partial charge is 0.289 e. The van der Waals surface area contributed by atoms with E-state index in [0.29, 0.717) is 18.8 Å². The summed E-state index contributed by atoms with van der Waals surface area (Å²) in [5.74, 6) is 0.528. The lowest BCUT2D eigenvalue weighted by atomic mass is 10.1. The van der Waals surface area contributed by atoms with Crippen LogP contribution in [0.25, 0.3) is 11.0 Å². The third-order valence-corrected chi connectivity index (χ3v) is 4.42. The van der Waals surface area contributed by atoms with Gasteiger partial charge in [-0.2, -0.15) is 0 Å². The van der Waals surface area contributed by atoms with Crippen LogP contribution in [0.5, 0.6) is 0 Å². The Balaban J connectivity index is 1.94. The number of aliphatic hydroxyl groups is 1. The van der Waals surface area contributed by atoms with E-state index in [9.17, 15) is 4.79 Å². The van der Waals surface area contributed by atoms with E-state index in [-0.39, 0.29) is 18.4 Å². The average molecular weight is 338 g/mol. The van der Waals surface area contributed by atoms with Crippen molar-refractivity contribution in [2.45, 2.75) is 13.3 Å². The van der Waals surface area contributed by atoms with Crippen molar-refractivity contribution in [2.75, 3.05) is 19.7 Å². The van der Waals surface area contributed by atoms with Crippen molar-refractivity contribution >= 4 is 32.8 Å². The number of carbonyl (C=O) groups excluding carboxylic acids is 1. The monoisotopic (exact) mass is 337 g/mol. The molecule has 0 aliphatic carbocycles. The number of benzene rings is 1. The second kappa shape index (κ2) is 5.22. The molecule has 1 atom stereocenters. The molecule has 0 saturated carbocycles. The van der Waals surface area contributed by atoms with Crippen molar-refractivity contribution < 1.29 is 14.3 Å². The molecule has 1 aromatic heterocycles. The largest absolute Gasteiger partial charge is 0.451 e. The van der Waals surface area contributed by atoms with Gasteiger partial charge in [-0.15, -0.1) is 0 Å². The first-order valence-electron chi connectivity index (χ1n) is 6.69. The zero-order chi connectivity index (χ0) is 14.3. The number of carbonyl (C=O) groups is 1. The summed E-state index contributed by atoms with van der Waals surface area (Å²) in [6.07, 6.45) is 0.854. The number of nitrogens with zero attached hydrogens (tertiary/aromatic N) is 1. The fourth-order valence-corrected chi connectivity index (χ4v) is 3.07. The number of fused-ring (bicyclic) bond motifs is 1. The molecule has 4 nitrogen and oxygen atoms in total. The van der Waals surface area contributed by atoms with Gasteiger partial charge in [-0.1, -0.05) is 15.9 Å². The zero-order valence-electron chi connectivity index (χ0n) is 11.2. The Morgan fingerprint density at radius 3 is 3.05 bits per heavy atom. The van der Waals surface area contributed by atoms with Crippen molar-refractivity contribution in [2.24, 2.45) is 5.92 Å². The summed E-state index contributed by atoms with van der Waals surface area (Å²) in [6, 6.07) is 5.73. The van der Waals surface area contributed by atoms with Crippen molar-refractivity contribution in [1.29, 1.82) is 0 Å². The third kappa shape index (κ3) is 2.25. The minimum atomic E-state index is -0.0780. The van der Waals surface area contributed by atoms with Crippen LogP contribution < -0.4 is 0 Å². The van der Waals surface area contributed by atoms with Crippen LogP contribution in [0, 0.1) is 12.8 Å². The van der Waals surface area contributed by atoms with Crippen LogP contribution in [0.4, 0.5) is 0 Å². The maximum absolute atomic E-state index is 12.5. The molecule has 5 heteroatoms. The third-order valence-electron chi connectivity index (χ3n) is 3.92. The van der Waals surface area contributed by atoms with E-state index >= 15 is 0 Å². The van der Waals surface area contributed by atoms with Gasteiger partial charge < -0.3 is 14.4 Å². The molecular weight excluding hydrogens is 322 g/mol. The number of furan rings is 1. The number of rotatable bonds is 2. The Labute approximate surface area is 125 Å². The summed E-state index contributed by atoms with van der Waals surface area (Å²) in [5, 5.41) is 10.1. The summed E-state index contributed by atoms with van der Waals surface area (Å²) < 4.78 is 6.69. The minimum absolute atomic E-state index is 0.0780. The molecule has 0 radical (unpaired) electrons. The Kier molecular flexibility index (Phi) is 3.56. The molecule has 2 heterocycles. The van der Waals surface area contributed by atoms with Gasteiger partial charge in [-0.05, 0) is 31.5 Å². The first-order valence-corrected chi connectivity index (χ1v) is 7.48. The lowest BCUT2D eigenvalue weighted by Gasteiger charge is -2.14. The maximum atomic E-state index is 12.5. The van der Waals surface area contributed by atoms with Gasteiger partial charge in [0.15, 0.2) is 5.76 Å². The Hall–Kier alpha value is -1.33. The minimum Gasteiger partial charge on any atom is -0.451 e. The van der Waals surface area contributed by atoms with Crippen LogP contribution in [0.2, 0.25) is 0 Å². The van der Waals surface area contributed by atoms with Gasteiger partial charge in [0.2, 0.25) is 0 Å². The van der Waals surface area contributed by atoms with Crippen LogP contribution in [0.1, 0.15) is 22.5 Å². The molecule has 3 rings (SSSR count). The van der Waals surface area contributed by atoms with E-state index in [4.69, 9.17) is 9.52 Å². The normalized spacial score (nSPS) is 18.9. The van der Waals surface area contributed by atoms with E-state index in [1.165, 1.54) is 0 Å². The van der Waals surface area contributed by atoms with E-state index in [0.717, 1.165) is 27.4 Å². The molecule has 106 valence electrons. The van der Waals surface area contributed by atoms with Gasteiger partial charge >= 0.3 is 0 Å². The summed E-state index contributed by atoms with van der Waals surface area (Å²) in [5.41, 5.74) is 1.60. The molecule has 0 bridgehead atoms. The standard InChI is InChI=1S/C15H16BrNO3/c1-9-12-6-11(16)2-3-13(12)20-14(9)15(19)17-5-4-10(7-17)8-18/h2-3,6,10,18H,4-5,7-8H2,1H3. The first kappa shape index (κ1) is 13.6. The van der Waals surface area contributed by atoms with Gasteiger partial charge in [0, 0.05) is 41.0 Å². The molecule has 1 fully saturated rings. The van der Waals surface area contributed by atoms with Crippen molar-refractivity contribution in [3.8, 4) is 0 Å². The fraction of sp³-hybridized carbons (Fsp3) is 0.400. The van der Waals surface area contributed by atoms with E-state index in [2.05, 4.69) is 15.9 Å². The molecule has 1 N–H and O–H groups in total. The molecule has 1 aliphatic heterocycles. The van der Waals surface area contributed by atoms with Gasteiger partial charge in [0.25, 0.3) is 5.91 Å². The van der Waals surface area contributed by atoms with Gasteiger partial charge in [-0.3, -0.25) is 4.79 Å². The highest BCUT2D eigenvalue weighted by Crippen LogP contribution is 2.29. The lowest BCUT2D eigenvalue weighted by Crippen LogP contribution is -2.29. The summed E-state index contributed by atoms with van der Waals surface area (Å²) in [7, 11) is 0. The van der Waals surface area contributed by atoms with Gasteiger partial charge in [0.1, 0.15) is 5.58 Å². The molecule has 1 aromatic carbocycles. The number of halogens is 1. The summed E-state index contributed by atoms with van der Waals surface area (Å²) in [6.45, 7) is 3.33. The zero-order valence-corrected chi connectivity index (χ0v) is 12.8. The number of aryl methyl sites for hydroxylation is 1. The van der Waals surface area contributed by atoms with Crippen LogP contribution >= 0.6 is 15.9 Å². The summed E-state index contributed by atoms with van der Waals surface area (Å²) in [4.78, 5) is 14.3. The number of amides is 1.